The van der Waals surface area contributed by atoms with Gasteiger partial charge in [-0.2, -0.15) is 5.26 Å². The Morgan fingerprint density at radius 1 is 1.24 bits per heavy atom. The van der Waals surface area contributed by atoms with Crippen molar-refractivity contribution >= 4 is 11.6 Å². The predicted octanol–water partition coefficient (Wildman–Crippen LogP) is 1.28. The van der Waals surface area contributed by atoms with E-state index in [1.165, 1.54) is 25.9 Å². The molecule has 1 aromatic carbocycles. The van der Waals surface area contributed by atoms with Gasteiger partial charge in [-0.1, -0.05) is 0 Å². The molecule has 0 saturated carbocycles. The first kappa shape index (κ1) is 13.9. The second-order valence-electron chi connectivity index (χ2n) is 5.74. The van der Waals surface area contributed by atoms with Crippen molar-refractivity contribution in [2.24, 2.45) is 0 Å². The van der Waals surface area contributed by atoms with Crippen molar-refractivity contribution in [2.45, 2.75) is 18.9 Å². The second kappa shape index (κ2) is 6.15. The van der Waals surface area contributed by atoms with Crippen LogP contribution in [0.4, 0.5) is 5.69 Å². The molecule has 1 N–H and O–H groups in total. The molecule has 5 nitrogen and oxygen atoms in total. The number of anilines is 1. The van der Waals surface area contributed by atoms with Crippen LogP contribution >= 0.6 is 0 Å². The monoisotopic (exact) mass is 284 g/mol. The van der Waals surface area contributed by atoms with Gasteiger partial charge in [0.15, 0.2) is 0 Å². The lowest BCUT2D eigenvalue weighted by Gasteiger charge is -2.44. The van der Waals surface area contributed by atoms with E-state index in [1.807, 2.05) is 17.0 Å². The van der Waals surface area contributed by atoms with Crippen LogP contribution in [0.15, 0.2) is 24.3 Å². The summed E-state index contributed by atoms with van der Waals surface area (Å²) < 4.78 is 0. The summed E-state index contributed by atoms with van der Waals surface area (Å²) in [5, 5.41) is 11.9. The molecule has 2 aliphatic heterocycles. The van der Waals surface area contributed by atoms with E-state index in [4.69, 9.17) is 5.26 Å². The molecule has 110 valence electrons. The number of nitrogens with one attached hydrogen (secondary N) is 1. The average Bonchev–Trinajstić information content (AvgIpc) is 2.98. The maximum Gasteiger partial charge on any atom is 0.241 e. The van der Waals surface area contributed by atoms with E-state index in [1.54, 1.807) is 12.1 Å². The number of amides is 1. The number of rotatable bonds is 4. The van der Waals surface area contributed by atoms with E-state index in [0.29, 0.717) is 18.2 Å². The first-order valence-corrected chi connectivity index (χ1v) is 7.52. The summed E-state index contributed by atoms with van der Waals surface area (Å²) in [6, 6.07) is 9.81. The van der Waals surface area contributed by atoms with Gasteiger partial charge in [-0.15, -0.1) is 0 Å². The van der Waals surface area contributed by atoms with Gasteiger partial charge < -0.3 is 10.2 Å². The molecule has 0 radical (unpaired) electrons. The summed E-state index contributed by atoms with van der Waals surface area (Å²) in [7, 11) is 0. The summed E-state index contributed by atoms with van der Waals surface area (Å²) in [4.78, 5) is 16.5. The third kappa shape index (κ3) is 3.17. The number of nitriles is 1. The van der Waals surface area contributed by atoms with Crippen LogP contribution in [-0.4, -0.2) is 54.5 Å². The number of carbonyl (C=O) groups excluding carboxylic acids is 1. The SMILES string of the molecule is N#Cc1ccc(NCC(=O)N2CC(N3CCCC3)C2)cc1. The van der Waals surface area contributed by atoms with Gasteiger partial charge in [0.05, 0.1) is 18.2 Å². The third-order valence-corrected chi connectivity index (χ3v) is 4.33. The molecule has 0 spiro atoms. The van der Waals surface area contributed by atoms with Gasteiger partial charge in [0.25, 0.3) is 0 Å². The number of nitrogens with zero attached hydrogens (tertiary/aromatic N) is 3. The topological polar surface area (TPSA) is 59.4 Å². The fourth-order valence-electron chi connectivity index (χ4n) is 2.95. The van der Waals surface area contributed by atoms with Gasteiger partial charge in [-0.3, -0.25) is 9.69 Å². The Hall–Kier alpha value is -2.06. The highest BCUT2D eigenvalue weighted by atomic mass is 16.2. The van der Waals surface area contributed by atoms with Crippen LogP contribution in [0, 0.1) is 11.3 Å². The molecule has 0 aliphatic carbocycles. The molecule has 1 amide bonds. The minimum absolute atomic E-state index is 0.148. The van der Waals surface area contributed by atoms with Crippen LogP contribution in [0.3, 0.4) is 0 Å². The summed E-state index contributed by atoms with van der Waals surface area (Å²) in [6.45, 7) is 4.44. The predicted molar refractivity (Wildman–Crippen MR) is 80.8 cm³/mol. The molecule has 0 atom stereocenters. The molecule has 2 fully saturated rings. The largest absolute Gasteiger partial charge is 0.376 e. The maximum atomic E-state index is 12.1. The molecular weight excluding hydrogens is 264 g/mol. The second-order valence-corrected chi connectivity index (χ2v) is 5.74. The lowest BCUT2D eigenvalue weighted by Crippen LogP contribution is -2.61. The van der Waals surface area contributed by atoms with E-state index in [-0.39, 0.29) is 5.91 Å². The van der Waals surface area contributed by atoms with Gasteiger partial charge in [-0.05, 0) is 50.2 Å². The third-order valence-electron chi connectivity index (χ3n) is 4.33. The average molecular weight is 284 g/mol. The molecule has 3 rings (SSSR count). The van der Waals surface area contributed by atoms with Crippen molar-refractivity contribution in [3.05, 3.63) is 29.8 Å². The van der Waals surface area contributed by atoms with Crippen LogP contribution < -0.4 is 5.32 Å². The van der Waals surface area contributed by atoms with E-state index in [2.05, 4.69) is 16.3 Å². The Kier molecular flexibility index (Phi) is 4.07. The minimum atomic E-state index is 0.148. The highest BCUT2D eigenvalue weighted by Crippen LogP contribution is 2.20. The normalized spacial score (nSPS) is 19.1. The molecule has 0 bridgehead atoms. The summed E-state index contributed by atoms with van der Waals surface area (Å²) in [6.07, 6.45) is 2.59. The Labute approximate surface area is 125 Å². The van der Waals surface area contributed by atoms with Crippen LogP contribution in [-0.2, 0) is 4.79 Å². The lowest BCUT2D eigenvalue weighted by atomic mass is 10.1. The summed E-state index contributed by atoms with van der Waals surface area (Å²) in [5.41, 5.74) is 1.50. The number of likely N-dealkylation sites (tertiary alicyclic amines) is 2. The number of hydrogen-bond acceptors (Lipinski definition) is 4. The molecule has 0 aromatic heterocycles. The highest BCUT2D eigenvalue weighted by molar-refractivity contribution is 5.81. The lowest BCUT2D eigenvalue weighted by molar-refractivity contribution is -0.136. The zero-order valence-electron chi connectivity index (χ0n) is 12.1. The van der Waals surface area contributed by atoms with Crippen LogP contribution in [0.5, 0.6) is 0 Å². The molecule has 5 heteroatoms. The Balaban J connectivity index is 1.41. The summed E-state index contributed by atoms with van der Waals surface area (Å²) in [5.74, 6) is 0.148. The van der Waals surface area contributed by atoms with E-state index >= 15 is 0 Å². The van der Waals surface area contributed by atoms with Crippen molar-refractivity contribution in [1.82, 2.24) is 9.80 Å². The van der Waals surface area contributed by atoms with E-state index in [0.717, 1.165) is 18.8 Å². The van der Waals surface area contributed by atoms with E-state index < -0.39 is 0 Å². The van der Waals surface area contributed by atoms with Crippen molar-refractivity contribution in [1.29, 1.82) is 5.26 Å². The molecule has 21 heavy (non-hydrogen) atoms. The zero-order valence-corrected chi connectivity index (χ0v) is 12.1. The van der Waals surface area contributed by atoms with Crippen LogP contribution in [0.2, 0.25) is 0 Å². The minimum Gasteiger partial charge on any atom is -0.376 e. The fraction of sp³-hybridized carbons (Fsp3) is 0.500. The molecular formula is C16H20N4O. The van der Waals surface area contributed by atoms with Crippen molar-refractivity contribution in [3.8, 4) is 6.07 Å². The molecule has 2 saturated heterocycles. The Bertz CT molecular complexity index is 536. The standard InChI is InChI=1S/C16H20N4O/c17-9-13-3-5-14(6-4-13)18-10-16(21)20-11-15(12-20)19-7-1-2-8-19/h3-6,15,18H,1-2,7-8,10-12H2. The Morgan fingerprint density at radius 3 is 2.52 bits per heavy atom. The molecule has 0 unspecified atom stereocenters. The Morgan fingerprint density at radius 2 is 1.90 bits per heavy atom. The van der Waals surface area contributed by atoms with Crippen LogP contribution in [0.25, 0.3) is 0 Å². The summed E-state index contributed by atoms with van der Waals surface area (Å²) >= 11 is 0. The highest BCUT2D eigenvalue weighted by Gasteiger charge is 2.35. The number of carbonyl (C=O) groups is 1. The molecule has 2 heterocycles. The first-order chi connectivity index (χ1) is 10.3. The zero-order chi connectivity index (χ0) is 14.7. The van der Waals surface area contributed by atoms with Crippen molar-refractivity contribution in [3.63, 3.8) is 0 Å². The van der Waals surface area contributed by atoms with Crippen molar-refractivity contribution < 1.29 is 4.79 Å². The smallest absolute Gasteiger partial charge is 0.241 e. The maximum absolute atomic E-state index is 12.1. The van der Waals surface area contributed by atoms with Gasteiger partial charge in [0.2, 0.25) is 5.91 Å². The first-order valence-electron chi connectivity index (χ1n) is 7.52. The van der Waals surface area contributed by atoms with Gasteiger partial charge in [-0.25, -0.2) is 0 Å². The molecule has 1 aromatic rings. The van der Waals surface area contributed by atoms with Crippen LogP contribution in [0.1, 0.15) is 18.4 Å². The number of hydrogen-bond donors (Lipinski definition) is 1. The van der Waals surface area contributed by atoms with E-state index in [9.17, 15) is 4.79 Å². The van der Waals surface area contributed by atoms with Gasteiger partial charge in [0.1, 0.15) is 0 Å². The number of benzene rings is 1. The van der Waals surface area contributed by atoms with Gasteiger partial charge >= 0.3 is 0 Å². The fourth-order valence-corrected chi connectivity index (χ4v) is 2.95. The van der Waals surface area contributed by atoms with Crippen molar-refractivity contribution in [2.75, 3.05) is 38.0 Å². The van der Waals surface area contributed by atoms with Gasteiger partial charge in [0, 0.05) is 24.8 Å². The quantitative estimate of drug-likeness (QED) is 0.905. The molecule has 2 aliphatic rings.